The second-order valence-corrected chi connectivity index (χ2v) is 5.35. The van der Waals surface area contributed by atoms with Gasteiger partial charge in [0.05, 0.1) is 5.52 Å². The number of hydrogen-bond donors (Lipinski definition) is 1. The fourth-order valence-electron chi connectivity index (χ4n) is 2.64. The molecule has 0 amide bonds. The molecule has 1 N–H and O–H groups in total. The predicted octanol–water partition coefficient (Wildman–Crippen LogP) is 3.17. The summed E-state index contributed by atoms with van der Waals surface area (Å²) in [5.41, 5.74) is 1.15. The van der Waals surface area contributed by atoms with E-state index < -0.39 is 0 Å². The standard InChI is InChI=1S/C17H24N2O/c1-3-18-14(2)8-6-7-12-19-13-11-17(20)15-9-4-5-10-16(15)19/h4-5,9-11,13-14,18H,3,6-8,12H2,1-2H3. The lowest BCUT2D eigenvalue weighted by atomic mass is 10.1. The number of nitrogens with one attached hydrogen (secondary N) is 1. The molecule has 0 radical (unpaired) electrons. The maximum Gasteiger partial charge on any atom is 0.189 e. The molecule has 0 spiro atoms. The Morgan fingerprint density at radius 1 is 1.20 bits per heavy atom. The summed E-state index contributed by atoms with van der Waals surface area (Å²) in [6, 6.07) is 10.1. The third-order valence-electron chi connectivity index (χ3n) is 3.72. The zero-order valence-corrected chi connectivity index (χ0v) is 12.4. The molecule has 108 valence electrons. The largest absolute Gasteiger partial charge is 0.347 e. The van der Waals surface area contributed by atoms with E-state index in [4.69, 9.17) is 0 Å². The van der Waals surface area contributed by atoms with Crippen LogP contribution in [0.2, 0.25) is 0 Å². The van der Waals surface area contributed by atoms with Crippen molar-refractivity contribution in [3.8, 4) is 0 Å². The van der Waals surface area contributed by atoms with Crippen molar-refractivity contribution in [2.24, 2.45) is 0 Å². The summed E-state index contributed by atoms with van der Waals surface area (Å²) >= 11 is 0. The molecule has 0 aliphatic carbocycles. The highest BCUT2D eigenvalue weighted by molar-refractivity contribution is 5.78. The van der Waals surface area contributed by atoms with Gasteiger partial charge in [0.2, 0.25) is 0 Å². The van der Waals surface area contributed by atoms with E-state index in [-0.39, 0.29) is 5.43 Å². The third kappa shape index (κ3) is 3.70. The van der Waals surface area contributed by atoms with Crippen molar-refractivity contribution >= 4 is 10.9 Å². The molecule has 3 nitrogen and oxygen atoms in total. The van der Waals surface area contributed by atoms with Gasteiger partial charge in [-0.1, -0.05) is 25.5 Å². The number of benzene rings is 1. The van der Waals surface area contributed by atoms with E-state index in [0.29, 0.717) is 6.04 Å². The number of nitrogens with zero attached hydrogens (tertiary/aromatic N) is 1. The van der Waals surface area contributed by atoms with Crippen LogP contribution in [0.5, 0.6) is 0 Å². The topological polar surface area (TPSA) is 34.0 Å². The molecule has 3 heteroatoms. The average molecular weight is 272 g/mol. The predicted molar refractivity (Wildman–Crippen MR) is 85.2 cm³/mol. The summed E-state index contributed by atoms with van der Waals surface area (Å²) in [6.07, 6.45) is 5.46. The number of aryl methyl sites for hydroxylation is 1. The molecule has 1 atom stereocenters. The maximum absolute atomic E-state index is 11.8. The van der Waals surface area contributed by atoms with Crippen LogP contribution in [0.3, 0.4) is 0 Å². The Morgan fingerprint density at radius 2 is 2.00 bits per heavy atom. The SMILES string of the molecule is CCNC(C)CCCCn1ccc(=O)c2ccccc21. The van der Waals surface area contributed by atoms with E-state index in [0.717, 1.165) is 30.4 Å². The molecule has 20 heavy (non-hydrogen) atoms. The number of fused-ring (bicyclic) bond motifs is 1. The Morgan fingerprint density at radius 3 is 2.80 bits per heavy atom. The van der Waals surface area contributed by atoms with E-state index in [2.05, 4.69) is 23.7 Å². The monoisotopic (exact) mass is 272 g/mol. The minimum absolute atomic E-state index is 0.109. The summed E-state index contributed by atoms with van der Waals surface area (Å²) in [7, 11) is 0. The molecule has 1 unspecified atom stereocenters. The Balaban J connectivity index is 1.97. The summed E-state index contributed by atoms with van der Waals surface area (Å²) in [6.45, 7) is 6.38. The van der Waals surface area contributed by atoms with E-state index in [1.54, 1.807) is 6.07 Å². The Hall–Kier alpha value is -1.61. The van der Waals surface area contributed by atoms with Crippen molar-refractivity contribution < 1.29 is 0 Å². The van der Waals surface area contributed by atoms with Gasteiger partial charge in [-0.2, -0.15) is 0 Å². The molecule has 0 aliphatic rings. The molecule has 2 aromatic rings. The fourth-order valence-corrected chi connectivity index (χ4v) is 2.64. The van der Waals surface area contributed by atoms with Crippen LogP contribution in [-0.2, 0) is 6.54 Å². The highest BCUT2D eigenvalue weighted by Gasteiger charge is 2.03. The van der Waals surface area contributed by atoms with Gasteiger partial charge in [0, 0.05) is 30.2 Å². The van der Waals surface area contributed by atoms with Crippen LogP contribution in [0.25, 0.3) is 10.9 Å². The second kappa shape index (κ2) is 7.25. The molecule has 0 fully saturated rings. The lowest BCUT2D eigenvalue weighted by molar-refractivity contribution is 0.487. The maximum atomic E-state index is 11.8. The van der Waals surface area contributed by atoms with Crippen molar-refractivity contribution in [1.82, 2.24) is 9.88 Å². The number of pyridine rings is 1. The van der Waals surface area contributed by atoms with Crippen LogP contribution in [0.4, 0.5) is 0 Å². The Bertz CT molecular complexity index is 603. The van der Waals surface area contributed by atoms with Gasteiger partial charge in [-0.3, -0.25) is 4.79 Å². The van der Waals surface area contributed by atoms with Crippen LogP contribution < -0.4 is 10.7 Å². The summed E-state index contributed by atoms with van der Waals surface area (Å²) in [4.78, 5) is 11.8. The molecule has 1 heterocycles. The van der Waals surface area contributed by atoms with Gasteiger partial charge >= 0.3 is 0 Å². The quantitative estimate of drug-likeness (QED) is 0.786. The first-order chi connectivity index (χ1) is 9.72. The van der Waals surface area contributed by atoms with Crippen LogP contribution >= 0.6 is 0 Å². The Labute approximate surface area is 120 Å². The number of unbranched alkanes of at least 4 members (excludes halogenated alkanes) is 1. The molecular weight excluding hydrogens is 248 g/mol. The molecular formula is C17H24N2O. The van der Waals surface area contributed by atoms with Crippen molar-refractivity contribution in [3.05, 3.63) is 46.8 Å². The fraction of sp³-hybridized carbons (Fsp3) is 0.471. The van der Waals surface area contributed by atoms with Gasteiger partial charge in [0.25, 0.3) is 0 Å². The molecule has 0 aliphatic heterocycles. The van der Waals surface area contributed by atoms with Crippen LogP contribution in [0.1, 0.15) is 33.1 Å². The number of hydrogen-bond acceptors (Lipinski definition) is 2. The lowest BCUT2D eigenvalue weighted by Gasteiger charge is -2.13. The van der Waals surface area contributed by atoms with Crippen LogP contribution in [-0.4, -0.2) is 17.2 Å². The van der Waals surface area contributed by atoms with Crippen LogP contribution in [0.15, 0.2) is 41.3 Å². The number of aromatic nitrogens is 1. The van der Waals surface area contributed by atoms with Gasteiger partial charge in [0.15, 0.2) is 5.43 Å². The first-order valence-corrected chi connectivity index (χ1v) is 7.54. The van der Waals surface area contributed by atoms with Gasteiger partial charge in [-0.05, 0) is 38.4 Å². The first kappa shape index (κ1) is 14.8. The van der Waals surface area contributed by atoms with E-state index >= 15 is 0 Å². The highest BCUT2D eigenvalue weighted by atomic mass is 16.1. The normalized spacial score (nSPS) is 12.7. The lowest BCUT2D eigenvalue weighted by Crippen LogP contribution is -2.25. The summed E-state index contributed by atoms with van der Waals surface area (Å²) in [5.74, 6) is 0. The zero-order chi connectivity index (χ0) is 14.4. The number of rotatable bonds is 7. The van der Waals surface area contributed by atoms with E-state index in [1.807, 2.05) is 30.5 Å². The Kier molecular flexibility index (Phi) is 5.36. The molecule has 0 saturated heterocycles. The molecule has 0 bridgehead atoms. The van der Waals surface area contributed by atoms with Gasteiger partial charge < -0.3 is 9.88 Å². The molecule has 0 saturated carbocycles. The minimum atomic E-state index is 0.109. The summed E-state index contributed by atoms with van der Waals surface area (Å²) in [5, 5.41) is 4.25. The number of para-hydroxylation sites is 1. The first-order valence-electron chi connectivity index (χ1n) is 7.54. The van der Waals surface area contributed by atoms with Gasteiger partial charge in [-0.15, -0.1) is 0 Å². The zero-order valence-electron chi connectivity index (χ0n) is 12.4. The highest BCUT2D eigenvalue weighted by Crippen LogP contribution is 2.11. The van der Waals surface area contributed by atoms with Gasteiger partial charge in [-0.25, -0.2) is 0 Å². The van der Waals surface area contributed by atoms with Crippen LogP contribution in [0, 0.1) is 0 Å². The molecule has 1 aromatic heterocycles. The van der Waals surface area contributed by atoms with E-state index in [9.17, 15) is 4.79 Å². The summed E-state index contributed by atoms with van der Waals surface area (Å²) < 4.78 is 2.19. The van der Waals surface area contributed by atoms with Crippen molar-refractivity contribution in [3.63, 3.8) is 0 Å². The average Bonchev–Trinajstić information content (AvgIpc) is 2.46. The van der Waals surface area contributed by atoms with E-state index in [1.165, 1.54) is 12.8 Å². The van der Waals surface area contributed by atoms with Crippen molar-refractivity contribution in [2.45, 2.75) is 45.7 Å². The minimum Gasteiger partial charge on any atom is -0.347 e. The van der Waals surface area contributed by atoms with Crippen molar-refractivity contribution in [1.29, 1.82) is 0 Å². The molecule has 1 aromatic carbocycles. The van der Waals surface area contributed by atoms with Gasteiger partial charge in [0.1, 0.15) is 0 Å². The molecule has 2 rings (SSSR count). The smallest absolute Gasteiger partial charge is 0.189 e. The second-order valence-electron chi connectivity index (χ2n) is 5.35. The van der Waals surface area contributed by atoms with Crippen molar-refractivity contribution in [2.75, 3.05) is 6.54 Å². The third-order valence-corrected chi connectivity index (χ3v) is 3.72.